The van der Waals surface area contributed by atoms with Crippen LogP contribution in [0.4, 0.5) is 5.69 Å². The lowest BCUT2D eigenvalue weighted by atomic mass is 10.2. The summed E-state index contributed by atoms with van der Waals surface area (Å²) in [6.45, 7) is 0.497. The van der Waals surface area contributed by atoms with Gasteiger partial charge in [-0.25, -0.2) is 0 Å². The third kappa shape index (κ3) is 3.55. The van der Waals surface area contributed by atoms with Gasteiger partial charge in [-0.15, -0.1) is 0 Å². The van der Waals surface area contributed by atoms with Crippen molar-refractivity contribution in [2.75, 3.05) is 5.32 Å². The van der Waals surface area contributed by atoms with Gasteiger partial charge in [-0.3, -0.25) is 9.89 Å². The van der Waals surface area contributed by atoms with Crippen molar-refractivity contribution < 1.29 is 9.53 Å². The Kier molecular flexibility index (Phi) is 4.22. The molecule has 1 amide bonds. The number of aromatic amines is 2. The van der Waals surface area contributed by atoms with Gasteiger partial charge in [-0.2, -0.15) is 5.10 Å². The molecule has 0 fully saturated rings. The van der Waals surface area contributed by atoms with Gasteiger partial charge in [0.05, 0.1) is 11.7 Å². The summed E-state index contributed by atoms with van der Waals surface area (Å²) < 4.78 is 5.87. The highest BCUT2D eigenvalue weighted by molar-refractivity contribution is 6.06. The van der Waals surface area contributed by atoms with Gasteiger partial charge in [-0.1, -0.05) is 30.3 Å². The van der Waals surface area contributed by atoms with Crippen molar-refractivity contribution in [1.82, 2.24) is 15.2 Å². The molecule has 6 heteroatoms. The average Bonchev–Trinajstić information content (AvgIpc) is 3.39. The Labute approximate surface area is 166 Å². The molecule has 0 aliphatic carbocycles. The van der Waals surface area contributed by atoms with Gasteiger partial charge in [0, 0.05) is 28.0 Å². The van der Waals surface area contributed by atoms with Crippen LogP contribution >= 0.6 is 0 Å². The number of nitrogens with zero attached hydrogens (tertiary/aromatic N) is 1. The lowest BCUT2D eigenvalue weighted by Gasteiger charge is -2.06. The van der Waals surface area contributed by atoms with E-state index in [4.69, 9.17) is 4.74 Å². The zero-order valence-electron chi connectivity index (χ0n) is 15.5. The first-order valence-electron chi connectivity index (χ1n) is 9.29. The van der Waals surface area contributed by atoms with Crippen LogP contribution in [-0.4, -0.2) is 21.1 Å². The van der Waals surface area contributed by atoms with E-state index in [-0.39, 0.29) is 5.91 Å². The third-order valence-electron chi connectivity index (χ3n) is 4.78. The predicted molar refractivity (Wildman–Crippen MR) is 113 cm³/mol. The average molecular weight is 382 g/mol. The van der Waals surface area contributed by atoms with Crippen LogP contribution < -0.4 is 10.1 Å². The fourth-order valence-corrected chi connectivity index (χ4v) is 3.28. The molecule has 0 saturated carbocycles. The van der Waals surface area contributed by atoms with Gasteiger partial charge in [-0.05, 0) is 42.0 Å². The molecule has 29 heavy (non-hydrogen) atoms. The second-order valence-electron chi connectivity index (χ2n) is 6.83. The summed E-state index contributed by atoms with van der Waals surface area (Å²) in [5, 5.41) is 11.7. The number of aromatic nitrogens is 3. The number of benzene rings is 3. The fourth-order valence-electron chi connectivity index (χ4n) is 3.28. The van der Waals surface area contributed by atoms with Crippen molar-refractivity contribution in [3.63, 3.8) is 0 Å². The van der Waals surface area contributed by atoms with Gasteiger partial charge < -0.3 is 15.0 Å². The van der Waals surface area contributed by atoms with E-state index in [1.54, 1.807) is 6.20 Å². The molecule has 0 spiro atoms. The predicted octanol–water partition coefficient (Wildman–Crippen LogP) is 4.88. The minimum atomic E-state index is -0.198. The van der Waals surface area contributed by atoms with Crippen molar-refractivity contribution in [3.8, 4) is 5.75 Å². The molecule has 0 bridgehead atoms. The topological polar surface area (TPSA) is 82.8 Å². The Morgan fingerprint density at radius 1 is 0.931 bits per heavy atom. The fraction of sp³-hybridized carbons (Fsp3) is 0.0435. The normalized spacial score (nSPS) is 11.0. The number of hydrogen-bond acceptors (Lipinski definition) is 3. The number of rotatable bonds is 5. The van der Waals surface area contributed by atoms with Gasteiger partial charge in [0.15, 0.2) is 0 Å². The Balaban J connectivity index is 1.32. The van der Waals surface area contributed by atoms with E-state index in [1.165, 1.54) is 0 Å². The number of carbonyl (C=O) groups excluding carboxylic acids is 1. The second kappa shape index (κ2) is 7.16. The number of nitrogens with one attached hydrogen (secondary N) is 3. The first-order valence-corrected chi connectivity index (χ1v) is 9.29. The van der Waals surface area contributed by atoms with Gasteiger partial charge in [0.2, 0.25) is 0 Å². The molecule has 3 aromatic carbocycles. The molecule has 6 nitrogen and oxygen atoms in total. The molecule has 3 N–H and O–H groups in total. The Hall–Kier alpha value is -4.06. The molecule has 0 aliphatic rings. The number of hydrogen-bond donors (Lipinski definition) is 3. The Morgan fingerprint density at radius 2 is 1.83 bits per heavy atom. The number of anilines is 1. The molecule has 142 valence electrons. The summed E-state index contributed by atoms with van der Waals surface area (Å²) in [6, 6.07) is 23.2. The van der Waals surface area contributed by atoms with E-state index in [0.717, 1.165) is 38.8 Å². The van der Waals surface area contributed by atoms with Crippen molar-refractivity contribution >= 4 is 33.4 Å². The monoisotopic (exact) mass is 382 g/mol. The summed E-state index contributed by atoms with van der Waals surface area (Å²) in [4.78, 5) is 15.8. The summed E-state index contributed by atoms with van der Waals surface area (Å²) in [5.41, 5.74) is 4.10. The first kappa shape index (κ1) is 17.1. The van der Waals surface area contributed by atoms with Crippen LogP contribution in [0.3, 0.4) is 0 Å². The SMILES string of the molecule is O=C(Nc1ccc2[nH]ncc2c1)c1cc2ccc(OCc3ccccc3)cc2[nH]1. The molecule has 0 saturated heterocycles. The third-order valence-corrected chi connectivity index (χ3v) is 4.78. The molecular weight excluding hydrogens is 364 g/mol. The van der Waals surface area contributed by atoms with Crippen LogP contribution in [0.15, 0.2) is 79.0 Å². The summed E-state index contributed by atoms with van der Waals surface area (Å²) >= 11 is 0. The lowest BCUT2D eigenvalue weighted by Crippen LogP contribution is -2.12. The molecule has 0 unspecified atom stereocenters. The molecule has 2 heterocycles. The van der Waals surface area contributed by atoms with E-state index in [0.29, 0.717) is 12.3 Å². The molecular formula is C23H18N4O2. The quantitative estimate of drug-likeness (QED) is 0.405. The minimum absolute atomic E-state index is 0.198. The molecule has 0 radical (unpaired) electrons. The zero-order chi connectivity index (χ0) is 19.6. The number of H-pyrrole nitrogens is 2. The standard InChI is InChI=1S/C23H18N4O2/c28-23(25-18-7-9-20-17(10-18)13-24-27-20)22-11-16-6-8-19(12-21(16)26-22)29-14-15-4-2-1-3-5-15/h1-13,26H,14H2,(H,24,27)(H,25,28). The van der Waals surface area contributed by atoms with Crippen LogP contribution in [0.1, 0.15) is 16.1 Å². The largest absolute Gasteiger partial charge is 0.489 e. The maximum absolute atomic E-state index is 12.7. The Morgan fingerprint density at radius 3 is 2.72 bits per heavy atom. The summed E-state index contributed by atoms with van der Waals surface area (Å²) in [7, 11) is 0. The van der Waals surface area contributed by atoms with Crippen LogP contribution in [0.25, 0.3) is 21.8 Å². The lowest BCUT2D eigenvalue weighted by molar-refractivity contribution is 0.102. The van der Waals surface area contributed by atoms with E-state index in [1.807, 2.05) is 72.8 Å². The van der Waals surface area contributed by atoms with Gasteiger partial charge in [0.1, 0.15) is 18.1 Å². The number of fused-ring (bicyclic) bond motifs is 2. The molecule has 5 rings (SSSR count). The number of carbonyl (C=O) groups is 1. The smallest absolute Gasteiger partial charge is 0.272 e. The number of ether oxygens (including phenoxy) is 1. The Bertz CT molecular complexity index is 1300. The first-order chi connectivity index (χ1) is 14.2. The molecule has 5 aromatic rings. The highest BCUT2D eigenvalue weighted by Gasteiger charge is 2.11. The van der Waals surface area contributed by atoms with Crippen molar-refractivity contribution in [3.05, 3.63) is 90.3 Å². The highest BCUT2D eigenvalue weighted by atomic mass is 16.5. The highest BCUT2D eigenvalue weighted by Crippen LogP contribution is 2.23. The summed E-state index contributed by atoms with van der Waals surface area (Å²) in [6.07, 6.45) is 1.73. The maximum atomic E-state index is 12.7. The minimum Gasteiger partial charge on any atom is -0.489 e. The zero-order valence-corrected chi connectivity index (χ0v) is 15.5. The van der Waals surface area contributed by atoms with Crippen LogP contribution in [-0.2, 0) is 6.61 Å². The molecule has 2 aromatic heterocycles. The molecule has 0 atom stereocenters. The number of amides is 1. The van der Waals surface area contributed by atoms with Crippen LogP contribution in [0.2, 0.25) is 0 Å². The van der Waals surface area contributed by atoms with E-state index < -0.39 is 0 Å². The van der Waals surface area contributed by atoms with Crippen molar-refractivity contribution in [2.24, 2.45) is 0 Å². The summed E-state index contributed by atoms with van der Waals surface area (Å²) in [5.74, 6) is 0.552. The van der Waals surface area contributed by atoms with E-state index in [9.17, 15) is 4.79 Å². The van der Waals surface area contributed by atoms with Crippen molar-refractivity contribution in [1.29, 1.82) is 0 Å². The van der Waals surface area contributed by atoms with Gasteiger partial charge in [0.25, 0.3) is 5.91 Å². The second-order valence-corrected chi connectivity index (χ2v) is 6.83. The van der Waals surface area contributed by atoms with Crippen LogP contribution in [0.5, 0.6) is 5.75 Å². The van der Waals surface area contributed by atoms with Gasteiger partial charge >= 0.3 is 0 Å². The maximum Gasteiger partial charge on any atom is 0.272 e. The van der Waals surface area contributed by atoms with E-state index in [2.05, 4.69) is 20.5 Å². The molecule has 0 aliphatic heterocycles. The van der Waals surface area contributed by atoms with Crippen LogP contribution in [0, 0.1) is 0 Å². The van der Waals surface area contributed by atoms with E-state index >= 15 is 0 Å². The van der Waals surface area contributed by atoms with Crippen molar-refractivity contribution in [2.45, 2.75) is 6.61 Å².